The quantitative estimate of drug-likeness (QED) is 0.900. The molecule has 0 bridgehead atoms. The average molecular weight is 314 g/mol. The summed E-state index contributed by atoms with van der Waals surface area (Å²) in [5, 5.41) is 18.1. The maximum absolute atomic E-state index is 12.3. The standard InChI is InChI=1S/C16H22N6O/c1-11(2)22-15(19-20-21-22)12-5-3-7-14(9-12)18-16(23)13-6-4-8-17-10-13/h3,5,7,9,11,13,17H,4,6,8,10H2,1-2H3,(H,18,23). The first-order valence-corrected chi connectivity index (χ1v) is 8.05. The molecular weight excluding hydrogens is 292 g/mol. The van der Waals surface area contributed by atoms with Gasteiger partial charge in [0.1, 0.15) is 0 Å². The van der Waals surface area contributed by atoms with Crippen LogP contribution in [0.15, 0.2) is 24.3 Å². The van der Waals surface area contributed by atoms with Crippen molar-refractivity contribution >= 4 is 11.6 Å². The second kappa shape index (κ2) is 6.87. The molecule has 1 aromatic heterocycles. The molecule has 7 heteroatoms. The SMILES string of the molecule is CC(C)n1nnnc1-c1cccc(NC(=O)C2CCCNC2)c1. The predicted octanol–water partition coefficient (Wildman–Crippen LogP) is 1.86. The van der Waals surface area contributed by atoms with E-state index in [9.17, 15) is 4.79 Å². The molecule has 7 nitrogen and oxygen atoms in total. The molecule has 1 aliphatic rings. The Hall–Kier alpha value is -2.28. The minimum absolute atomic E-state index is 0.0355. The highest BCUT2D eigenvalue weighted by Gasteiger charge is 2.21. The number of carbonyl (C=O) groups excluding carboxylic acids is 1. The monoisotopic (exact) mass is 314 g/mol. The zero-order valence-corrected chi connectivity index (χ0v) is 13.5. The van der Waals surface area contributed by atoms with Crippen LogP contribution in [0.2, 0.25) is 0 Å². The number of amides is 1. The predicted molar refractivity (Wildman–Crippen MR) is 87.9 cm³/mol. The Kier molecular flexibility index (Phi) is 4.66. The molecule has 1 aliphatic heterocycles. The summed E-state index contributed by atoms with van der Waals surface area (Å²) in [6.45, 7) is 5.80. The topological polar surface area (TPSA) is 84.7 Å². The van der Waals surface area contributed by atoms with Crippen molar-refractivity contribution < 1.29 is 4.79 Å². The van der Waals surface area contributed by atoms with Crippen LogP contribution < -0.4 is 10.6 Å². The Morgan fingerprint density at radius 1 is 1.43 bits per heavy atom. The van der Waals surface area contributed by atoms with Gasteiger partial charge in [-0.05, 0) is 55.8 Å². The van der Waals surface area contributed by atoms with Crippen LogP contribution >= 0.6 is 0 Å². The molecule has 1 amide bonds. The number of hydrogen-bond donors (Lipinski definition) is 2. The molecule has 122 valence electrons. The van der Waals surface area contributed by atoms with Crippen molar-refractivity contribution in [2.45, 2.75) is 32.7 Å². The summed E-state index contributed by atoms with van der Waals surface area (Å²) < 4.78 is 1.77. The van der Waals surface area contributed by atoms with Gasteiger partial charge in [0, 0.05) is 17.8 Å². The van der Waals surface area contributed by atoms with Gasteiger partial charge in [0.15, 0.2) is 5.82 Å². The van der Waals surface area contributed by atoms with Gasteiger partial charge in [-0.3, -0.25) is 4.79 Å². The Balaban J connectivity index is 1.77. The fraction of sp³-hybridized carbons (Fsp3) is 0.500. The molecule has 1 fully saturated rings. The van der Waals surface area contributed by atoms with Gasteiger partial charge in [-0.25, -0.2) is 4.68 Å². The minimum atomic E-state index is 0.0355. The highest BCUT2D eigenvalue weighted by Crippen LogP contribution is 2.23. The maximum Gasteiger partial charge on any atom is 0.228 e. The lowest BCUT2D eigenvalue weighted by Gasteiger charge is -2.22. The minimum Gasteiger partial charge on any atom is -0.326 e. The number of hydrogen-bond acceptors (Lipinski definition) is 5. The van der Waals surface area contributed by atoms with Gasteiger partial charge in [-0.15, -0.1) is 5.10 Å². The maximum atomic E-state index is 12.3. The summed E-state index contributed by atoms with van der Waals surface area (Å²) in [6, 6.07) is 7.83. The molecule has 1 unspecified atom stereocenters. The van der Waals surface area contributed by atoms with Gasteiger partial charge in [-0.2, -0.15) is 0 Å². The molecule has 1 saturated heterocycles. The van der Waals surface area contributed by atoms with Crippen molar-refractivity contribution in [3.8, 4) is 11.4 Å². The Labute approximate surface area is 135 Å². The molecule has 2 N–H and O–H groups in total. The molecule has 0 aliphatic carbocycles. The summed E-state index contributed by atoms with van der Waals surface area (Å²) in [7, 11) is 0. The summed E-state index contributed by atoms with van der Waals surface area (Å²) in [5.41, 5.74) is 1.67. The number of nitrogens with one attached hydrogen (secondary N) is 2. The molecule has 1 aromatic carbocycles. The van der Waals surface area contributed by atoms with E-state index in [1.807, 2.05) is 38.1 Å². The smallest absolute Gasteiger partial charge is 0.228 e. The van der Waals surface area contributed by atoms with E-state index in [1.165, 1.54) is 0 Å². The number of benzene rings is 1. The van der Waals surface area contributed by atoms with Gasteiger partial charge < -0.3 is 10.6 Å². The molecule has 23 heavy (non-hydrogen) atoms. The van der Waals surface area contributed by atoms with E-state index in [1.54, 1.807) is 4.68 Å². The normalized spacial score (nSPS) is 18.1. The Bertz CT molecular complexity index is 675. The van der Waals surface area contributed by atoms with Crippen molar-refractivity contribution in [2.75, 3.05) is 18.4 Å². The molecule has 2 heterocycles. The average Bonchev–Trinajstić information content (AvgIpc) is 3.06. The number of tetrazole rings is 1. The third-order valence-corrected chi connectivity index (χ3v) is 4.04. The second-order valence-corrected chi connectivity index (χ2v) is 6.15. The third-order valence-electron chi connectivity index (χ3n) is 4.04. The number of nitrogens with zero attached hydrogens (tertiary/aromatic N) is 4. The third kappa shape index (κ3) is 3.56. The number of aromatic nitrogens is 4. The molecule has 0 saturated carbocycles. The van der Waals surface area contributed by atoms with Crippen molar-refractivity contribution in [3.63, 3.8) is 0 Å². The first kappa shape index (κ1) is 15.6. The molecule has 0 radical (unpaired) electrons. The lowest BCUT2D eigenvalue weighted by atomic mass is 9.98. The van der Waals surface area contributed by atoms with Crippen LogP contribution in [0, 0.1) is 5.92 Å². The summed E-state index contributed by atoms with van der Waals surface area (Å²) >= 11 is 0. The van der Waals surface area contributed by atoms with Crippen molar-refractivity contribution in [2.24, 2.45) is 5.92 Å². The summed E-state index contributed by atoms with van der Waals surface area (Å²) in [5.74, 6) is 0.807. The van der Waals surface area contributed by atoms with E-state index in [4.69, 9.17) is 0 Å². The van der Waals surface area contributed by atoms with Crippen molar-refractivity contribution in [1.82, 2.24) is 25.5 Å². The number of anilines is 1. The van der Waals surface area contributed by atoms with Gasteiger partial charge in [0.05, 0.1) is 12.0 Å². The van der Waals surface area contributed by atoms with E-state index >= 15 is 0 Å². The number of rotatable bonds is 4. The van der Waals surface area contributed by atoms with Crippen LogP contribution in [-0.2, 0) is 4.79 Å². The zero-order valence-electron chi connectivity index (χ0n) is 13.5. The highest BCUT2D eigenvalue weighted by molar-refractivity contribution is 5.93. The van der Waals surface area contributed by atoms with E-state index < -0.39 is 0 Å². The van der Waals surface area contributed by atoms with E-state index in [0.29, 0.717) is 5.82 Å². The highest BCUT2D eigenvalue weighted by atomic mass is 16.1. The Morgan fingerprint density at radius 3 is 3.04 bits per heavy atom. The van der Waals surface area contributed by atoms with Crippen LogP contribution in [-0.4, -0.2) is 39.2 Å². The second-order valence-electron chi connectivity index (χ2n) is 6.15. The van der Waals surface area contributed by atoms with Crippen molar-refractivity contribution in [1.29, 1.82) is 0 Å². The molecule has 1 atom stereocenters. The van der Waals surface area contributed by atoms with Gasteiger partial charge >= 0.3 is 0 Å². The lowest BCUT2D eigenvalue weighted by molar-refractivity contribution is -0.120. The first-order valence-electron chi connectivity index (χ1n) is 8.05. The van der Waals surface area contributed by atoms with E-state index in [0.717, 1.165) is 37.2 Å². The van der Waals surface area contributed by atoms with Crippen LogP contribution in [0.3, 0.4) is 0 Å². The zero-order chi connectivity index (χ0) is 16.2. The number of piperidine rings is 1. The van der Waals surface area contributed by atoms with Crippen LogP contribution in [0.25, 0.3) is 11.4 Å². The fourth-order valence-electron chi connectivity index (χ4n) is 2.79. The molecule has 2 aromatic rings. The largest absolute Gasteiger partial charge is 0.326 e. The summed E-state index contributed by atoms with van der Waals surface area (Å²) in [4.78, 5) is 12.3. The molecule has 3 rings (SSSR count). The lowest BCUT2D eigenvalue weighted by Crippen LogP contribution is -2.37. The molecule has 0 spiro atoms. The number of carbonyl (C=O) groups is 1. The van der Waals surface area contributed by atoms with E-state index in [2.05, 4.69) is 26.2 Å². The fourth-order valence-corrected chi connectivity index (χ4v) is 2.79. The van der Waals surface area contributed by atoms with Crippen LogP contribution in [0.4, 0.5) is 5.69 Å². The van der Waals surface area contributed by atoms with Crippen molar-refractivity contribution in [3.05, 3.63) is 24.3 Å². The van der Waals surface area contributed by atoms with Gasteiger partial charge in [0.25, 0.3) is 0 Å². The Morgan fingerprint density at radius 2 is 2.30 bits per heavy atom. The van der Waals surface area contributed by atoms with Gasteiger partial charge in [0.2, 0.25) is 5.91 Å². The van der Waals surface area contributed by atoms with Crippen LogP contribution in [0.1, 0.15) is 32.7 Å². The summed E-state index contributed by atoms with van der Waals surface area (Å²) in [6.07, 6.45) is 1.98. The van der Waals surface area contributed by atoms with E-state index in [-0.39, 0.29) is 17.9 Å². The van der Waals surface area contributed by atoms with Gasteiger partial charge in [-0.1, -0.05) is 12.1 Å². The first-order chi connectivity index (χ1) is 11.1. The molecular formula is C16H22N6O. The van der Waals surface area contributed by atoms with Crippen LogP contribution in [0.5, 0.6) is 0 Å².